The molecule has 0 aromatic heterocycles. The van der Waals surface area contributed by atoms with Gasteiger partial charge in [-0.3, -0.25) is 9.69 Å². The van der Waals surface area contributed by atoms with Crippen molar-refractivity contribution in [3.05, 3.63) is 24.3 Å². The summed E-state index contributed by atoms with van der Waals surface area (Å²) in [5.41, 5.74) is 0.551. The molecule has 1 saturated heterocycles. The van der Waals surface area contributed by atoms with Crippen molar-refractivity contribution in [3.63, 3.8) is 0 Å². The van der Waals surface area contributed by atoms with Crippen LogP contribution in [0, 0.1) is 5.92 Å². The van der Waals surface area contributed by atoms with E-state index in [0.29, 0.717) is 37.4 Å². The van der Waals surface area contributed by atoms with Gasteiger partial charge in [0.1, 0.15) is 0 Å². The van der Waals surface area contributed by atoms with Crippen LogP contribution in [-0.4, -0.2) is 55.2 Å². The number of nitrogens with zero attached hydrogens (tertiary/aromatic N) is 2. The summed E-state index contributed by atoms with van der Waals surface area (Å²) in [4.78, 5) is 15.2. The molecule has 1 amide bonds. The van der Waals surface area contributed by atoms with Gasteiger partial charge in [-0.15, -0.1) is 0 Å². The highest BCUT2D eigenvalue weighted by molar-refractivity contribution is 7.89. The van der Waals surface area contributed by atoms with Gasteiger partial charge in [-0.05, 0) is 69.6 Å². The molecule has 0 spiro atoms. The molecule has 3 fully saturated rings. The second kappa shape index (κ2) is 7.53. The molecule has 1 heterocycles. The topological polar surface area (TPSA) is 69.7 Å². The number of hydrogen-bond donors (Lipinski definition) is 1. The minimum Gasteiger partial charge on any atom is -0.325 e. The molecular weight excluding hydrogens is 362 g/mol. The van der Waals surface area contributed by atoms with E-state index < -0.39 is 10.0 Å². The molecule has 1 N–H and O–H groups in total. The van der Waals surface area contributed by atoms with Gasteiger partial charge >= 0.3 is 0 Å². The molecule has 0 bridgehead atoms. The smallest absolute Gasteiger partial charge is 0.243 e. The highest BCUT2D eigenvalue weighted by Crippen LogP contribution is 2.39. The van der Waals surface area contributed by atoms with E-state index in [1.807, 2.05) is 0 Å². The fourth-order valence-electron chi connectivity index (χ4n) is 4.04. The van der Waals surface area contributed by atoms with Crippen molar-refractivity contribution in [3.8, 4) is 0 Å². The summed E-state index contributed by atoms with van der Waals surface area (Å²) in [6.07, 6.45) is 6.70. The van der Waals surface area contributed by atoms with Crippen LogP contribution in [0.4, 0.5) is 5.69 Å². The fourth-order valence-corrected chi connectivity index (χ4v) is 5.60. The zero-order chi connectivity index (χ0) is 19.0. The number of amides is 1. The highest BCUT2D eigenvalue weighted by atomic mass is 32.2. The SMILES string of the molecule is CC(C1CC1)N(CC(=O)Nc1cccc(S(=O)(=O)N2CCCC2)c1)C1CC1. The Labute approximate surface area is 162 Å². The van der Waals surface area contributed by atoms with Gasteiger partial charge in [-0.1, -0.05) is 6.07 Å². The predicted octanol–water partition coefficient (Wildman–Crippen LogP) is 2.67. The van der Waals surface area contributed by atoms with Crippen molar-refractivity contribution in [2.45, 2.75) is 62.4 Å². The summed E-state index contributed by atoms with van der Waals surface area (Å²) < 4.78 is 27.0. The van der Waals surface area contributed by atoms with Crippen LogP contribution >= 0.6 is 0 Å². The average molecular weight is 392 g/mol. The molecule has 1 aromatic rings. The quantitative estimate of drug-likeness (QED) is 0.740. The monoisotopic (exact) mass is 391 g/mol. The Morgan fingerprint density at radius 2 is 1.93 bits per heavy atom. The van der Waals surface area contributed by atoms with E-state index >= 15 is 0 Å². The highest BCUT2D eigenvalue weighted by Gasteiger charge is 2.39. The lowest BCUT2D eigenvalue weighted by molar-refractivity contribution is -0.118. The summed E-state index contributed by atoms with van der Waals surface area (Å²) in [6.45, 7) is 3.76. The Bertz CT molecular complexity index is 796. The van der Waals surface area contributed by atoms with Gasteiger partial charge in [-0.25, -0.2) is 8.42 Å². The molecule has 1 atom stereocenters. The number of carbonyl (C=O) groups excluding carboxylic acids is 1. The van der Waals surface area contributed by atoms with Crippen LogP contribution in [0.5, 0.6) is 0 Å². The molecule has 1 aromatic carbocycles. The van der Waals surface area contributed by atoms with E-state index in [9.17, 15) is 13.2 Å². The summed E-state index contributed by atoms with van der Waals surface area (Å²) in [6, 6.07) is 7.63. The molecule has 1 unspecified atom stereocenters. The van der Waals surface area contributed by atoms with Gasteiger partial charge in [-0.2, -0.15) is 4.31 Å². The van der Waals surface area contributed by atoms with Crippen LogP contribution < -0.4 is 5.32 Å². The zero-order valence-corrected chi connectivity index (χ0v) is 16.7. The zero-order valence-electron chi connectivity index (χ0n) is 15.9. The predicted molar refractivity (Wildman–Crippen MR) is 105 cm³/mol. The molecule has 27 heavy (non-hydrogen) atoms. The molecule has 2 aliphatic carbocycles. The van der Waals surface area contributed by atoms with Crippen molar-refractivity contribution >= 4 is 21.6 Å². The lowest BCUT2D eigenvalue weighted by atomic mass is 10.1. The Morgan fingerprint density at radius 1 is 1.22 bits per heavy atom. The maximum Gasteiger partial charge on any atom is 0.243 e. The number of benzene rings is 1. The standard InChI is InChI=1S/C20H29N3O3S/c1-15(16-7-8-16)23(18-9-10-18)14-20(24)21-17-5-4-6-19(13-17)27(25,26)22-11-2-3-12-22/h4-6,13,15-16,18H,2-3,7-12,14H2,1H3,(H,21,24). The van der Waals surface area contributed by atoms with Gasteiger partial charge in [0.2, 0.25) is 15.9 Å². The van der Waals surface area contributed by atoms with Gasteiger partial charge in [0.25, 0.3) is 0 Å². The van der Waals surface area contributed by atoms with E-state index in [1.54, 1.807) is 24.3 Å². The van der Waals surface area contributed by atoms with E-state index in [4.69, 9.17) is 0 Å². The normalized spacial score (nSPS) is 22.1. The Balaban J connectivity index is 1.42. The van der Waals surface area contributed by atoms with Gasteiger partial charge < -0.3 is 5.32 Å². The fraction of sp³-hybridized carbons (Fsp3) is 0.650. The number of nitrogens with one attached hydrogen (secondary N) is 1. The first-order chi connectivity index (χ1) is 12.9. The minimum atomic E-state index is -3.47. The summed E-state index contributed by atoms with van der Waals surface area (Å²) in [5.74, 6) is 0.664. The minimum absolute atomic E-state index is 0.0647. The summed E-state index contributed by atoms with van der Waals surface area (Å²) in [7, 11) is -3.47. The number of sulfonamides is 1. The first kappa shape index (κ1) is 18.9. The third-order valence-corrected chi connectivity index (χ3v) is 7.88. The van der Waals surface area contributed by atoms with Crippen molar-refractivity contribution in [2.75, 3.05) is 25.0 Å². The van der Waals surface area contributed by atoms with Gasteiger partial charge in [0.05, 0.1) is 11.4 Å². The third-order valence-electron chi connectivity index (χ3n) is 5.99. The van der Waals surface area contributed by atoms with Crippen molar-refractivity contribution in [1.82, 2.24) is 9.21 Å². The number of hydrogen-bond acceptors (Lipinski definition) is 4. The van der Waals surface area contributed by atoms with E-state index in [1.165, 1.54) is 30.0 Å². The number of rotatable bonds is 8. The van der Waals surface area contributed by atoms with Crippen LogP contribution in [0.25, 0.3) is 0 Å². The second-order valence-electron chi connectivity index (χ2n) is 8.17. The van der Waals surface area contributed by atoms with Crippen LogP contribution in [-0.2, 0) is 14.8 Å². The molecule has 148 valence electrons. The van der Waals surface area contributed by atoms with E-state index in [2.05, 4.69) is 17.1 Å². The molecule has 2 saturated carbocycles. The van der Waals surface area contributed by atoms with Crippen LogP contribution in [0.2, 0.25) is 0 Å². The largest absolute Gasteiger partial charge is 0.325 e. The second-order valence-corrected chi connectivity index (χ2v) is 10.1. The third kappa shape index (κ3) is 4.36. The van der Waals surface area contributed by atoms with Crippen LogP contribution in [0.1, 0.15) is 45.4 Å². The van der Waals surface area contributed by atoms with E-state index in [-0.39, 0.29) is 10.8 Å². The van der Waals surface area contributed by atoms with Gasteiger partial charge in [0, 0.05) is 30.9 Å². The lowest BCUT2D eigenvalue weighted by Crippen LogP contribution is -2.42. The maximum atomic E-state index is 12.7. The molecule has 6 nitrogen and oxygen atoms in total. The first-order valence-electron chi connectivity index (χ1n) is 10.1. The summed E-state index contributed by atoms with van der Waals surface area (Å²) >= 11 is 0. The molecule has 3 aliphatic rings. The van der Waals surface area contributed by atoms with Crippen molar-refractivity contribution in [2.24, 2.45) is 5.92 Å². The number of carbonyl (C=O) groups is 1. The molecule has 0 radical (unpaired) electrons. The number of anilines is 1. The van der Waals surface area contributed by atoms with Crippen molar-refractivity contribution in [1.29, 1.82) is 0 Å². The first-order valence-corrected chi connectivity index (χ1v) is 11.5. The Morgan fingerprint density at radius 3 is 2.56 bits per heavy atom. The van der Waals surface area contributed by atoms with Crippen molar-refractivity contribution < 1.29 is 13.2 Å². The van der Waals surface area contributed by atoms with Crippen LogP contribution in [0.3, 0.4) is 0 Å². The van der Waals surface area contributed by atoms with Crippen LogP contribution in [0.15, 0.2) is 29.2 Å². The molecule has 1 aliphatic heterocycles. The molecule has 4 rings (SSSR count). The van der Waals surface area contributed by atoms with Gasteiger partial charge in [0.15, 0.2) is 0 Å². The Kier molecular flexibility index (Phi) is 5.27. The lowest BCUT2D eigenvalue weighted by Gasteiger charge is -2.28. The maximum absolute atomic E-state index is 12.7. The summed E-state index contributed by atoms with van der Waals surface area (Å²) in [5, 5.41) is 2.91. The molecular formula is C20H29N3O3S. The Hall–Kier alpha value is -1.44. The average Bonchev–Trinajstić information content (AvgIpc) is 3.58. The molecule has 7 heteroatoms. The van der Waals surface area contributed by atoms with E-state index in [0.717, 1.165) is 18.8 Å².